The monoisotopic (exact) mass is 303 g/mol. The summed E-state index contributed by atoms with van der Waals surface area (Å²) in [6.45, 7) is 2.75. The van der Waals surface area contributed by atoms with Gasteiger partial charge in [0.25, 0.3) is 5.91 Å². The molecule has 2 rings (SSSR count). The Morgan fingerprint density at radius 1 is 1.14 bits per heavy atom. The molecule has 1 aliphatic rings. The lowest BCUT2D eigenvalue weighted by Gasteiger charge is -2.12. The van der Waals surface area contributed by atoms with E-state index in [4.69, 9.17) is 0 Å². The maximum absolute atomic E-state index is 12.1. The molecule has 120 valence electrons. The molecule has 0 unspecified atom stereocenters. The summed E-state index contributed by atoms with van der Waals surface area (Å²) in [5.74, 6) is -0.0363. The van der Waals surface area contributed by atoms with Gasteiger partial charge in [-0.15, -0.1) is 0 Å². The molecule has 1 fully saturated rings. The Labute approximate surface area is 131 Å². The highest BCUT2D eigenvalue weighted by Crippen LogP contribution is 2.18. The second kappa shape index (κ2) is 8.41. The van der Waals surface area contributed by atoms with Crippen molar-refractivity contribution in [1.82, 2.24) is 10.6 Å². The fourth-order valence-corrected chi connectivity index (χ4v) is 2.60. The van der Waals surface area contributed by atoms with Gasteiger partial charge in [-0.3, -0.25) is 4.79 Å². The molecule has 0 atom stereocenters. The van der Waals surface area contributed by atoms with Gasteiger partial charge in [0.05, 0.1) is 0 Å². The Morgan fingerprint density at radius 3 is 2.45 bits per heavy atom. The average Bonchev–Trinajstić information content (AvgIpc) is 3.01. The first kappa shape index (κ1) is 16.3. The third kappa shape index (κ3) is 5.06. The smallest absolute Gasteiger partial charge is 0.319 e. The summed E-state index contributed by atoms with van der Waals surface area (Å²) in [6.07, 6.45) is 6.55. The Bertz CT molecular complexity index is 493. The van der Waals surface area contributed by atoms with Gasteiger partial charge in [-0.05, 0) is 43.5 Å². The molecular formula is C17H25N3O2. The number of carbonyl (C=O) groups excluding carboxylic acids is 2. The predicted octanol–water partition coefficient (Wildman–Crippen LogP) is 3.28. The van der Waals surface area contributed by atoms with Crippen LogP contribution in [0.25, 0.3) is 0 Å². The minimum absolute atomic E-state index is 0.0363. The lowest BCUT2D eigenvalue weighted by atomic mass is 10.1. The van der Waals surface area contributed by atoms with E-state index in [1.807, 2.05) is 0 Å². The fourth-order valence-electron chi connectivity index (χ4n) is 2.60. The second-order valence-electron chi connectivity index (χ2n) is 5.77. The largest absolute Gasteiger partial charge is 0.349 e. The van der Waals surface area contributed by atoms with Gasteiger partial charge in [-0.1, -0.05) is 26.2 Å². The number of unbranched alkanes of at least 4 members (excludes halogenated alkanes) is 1. The van der Waals surface area contributed by atoms with Crippen molar-refractivity contribution >= 4 is 17.6 Å². The summed E-state index contributed by atoms with van der Waals surface area (Å²) in [5.41, 5.74) is 1.32. The van der Waals surface area contributed by atoms with Gasteiger partial charge in [0.2, 0.25) is 0 Å². The van der Waals surface area contributed by atoms with Crippen molar-refractivity contribution in [2.24, 2.45) is 0 Å². The Kier molecular flexibility index (Phi) is 6.25. The molecule has 0 saturated heterocycles. The number of rotatable bonds is 6. The van der Waals surface area contributed by atoms with E-state index in [9.17, 15) is 9.59 Å². The molecule has 0 aromatic heterocycles. The first-order valence-corrected chi connectivity index (χ1v) is 8.15. The number of hydrogen-bond acceptors (Lipinski definition) is 2. The summed E-state index contributed by atoms with van der Waals surface area (Å²) >= 11 is 0. The van der Waals surface area contributed by atoms with E-state index in [1.165, 1.54) is 12.8 Å². The summed E-state index contributed by atoms with van der Waals surface area (Å²) in [7, 11) is 0. The van der Waals surface area contributed by atoms with Gasteiger partial charge in [-0.25, -0.2) is 4.79 Å². The maximum atomic E-state index is 12.1. The van der Waals surface area contributed by atoms with Gasteiger partial charge in [0, 0.05) is 23.8 Å². The van der Waals surface area contributed by atoms with Crippen LogP contribution in [0.4, 0.5) is 10.5 Å². The van der Waals surface area contributed by atoms with Gasteiger partial charge >= 0.3 is 6.03 Å². The third-order valence-corrected chi connectivity index (χ3v) is 3.91. The van der Waals surface area contributed by atoms with Crippen LogP contribution in [-0.2, 0) is 0 Å². The third-order valence-electron chi connectivity index (χ3n) is 3.91. The Hall–Kier alpha value is -2.04. The van der Waals surface area contributed by atoms with Crippen molar-refractivity contribution in [2.45, 2.75) is 51.5 Å². The quantitative estimate of drug-likeness (QED) is 0.706. The maximum Gasteiger partial charge on any atom is 0.319 e. The standard InChI is InChI=1S/C17H25N3O2/c1-2-3-12-18-17(22)20-15-10-8-13(9-11-15)16(21)19-14-6-4-5-7-14/h8-11,14H,2-7,12H2,1H3,(H,19,21)(H2,18,20,22). The second-order valence-corrected chi connectivity index (χ2v) is 5.77. The SMILES string of the molecule is CCCCNC(=O)Nc1ccc(C(=O)NC2CCCC2)cc1. The van der Waals surface area contributed by atoms with E-state index in [1.54, 1.807) is 24.3 Å². The lowest BCUT2D eigenvalue weighted by molar-refractivity contribution is 0.0938. The number of benzene rings is 1. The highest BCUT2D eigenvalue weighted by molar-refractivity contribution is 5.95. The lowest BCUT2D eigenvalue weighted by Crippen LogP contribution is -2.32. The molecule has 1 saturated carbocycles. The van der Waals surface area contributed by atoms with Gasteiger partial charge < -0.3 is 16.0 Å². The molecule has 0 radical (unpaired) electrons. The zero-order valence-electron chi connectivity index (χ0n) is 13.2. The molecule has 5 heteroatoms. The number of carbonyl (C=O) groups is 2. The van der Waals surface area contributed by atoms with E-state index >= 15 is 0 Å². The van der Waals surface area contributed by atoms with Gasteiger partial charge in [-0.2, -0.15) is 0 Å². The van der Waals surface area contributed by atoms with Crippen LogP contribution in [0.1, 0.15) is 55.8 Å². The highest BCUT2D eigenvalue weighted by Gasteiger charge is 2.17. The molecule has 22 heavy (non-hydrogen) atoms. The van der Waals surface area contributed by atoms with Crippen LogP contribution >= 0.6 is 0 Å². The molecular weight excluding hydrogens is 278 g/mol. The van der Waals surface area contributed by atoms with Crippen LogP contribution in [0.5, 0.6) is 0 Å². The predicted molar refractivity (Wildman–Crippen MR) is 88.1 cm³/mol. The topological polar surface area (TPSA) is 70.2 Å². The summed E-state index contributed by atoms with van der Waals surface area (Å²) in [5, 5.41) is 8.60. The molecule has 3 amide bonds. The number of amides is 3. The fraction of sp³-hybridized carbons (Fsp3) is 0.529. The number of hydrogen-bond donors (Lipinski definition) is 3. The highest BCUT2D eigenvalue weighted by atomic mass is 16.2. The zero-order chi connectivity index (χ0) is 15.8. The molecule has 5 nitrogen and oxygen atoms in total. The zero-order valence-corrected chi connectivity index (χ0v) is 13.2. The van der Waals surface area contributed by atoms with Gasteiger partial charge in [0.15, 0.2) is 0 Å². The van der Waals surface area contributed by atoms with E-state index in [0.717, 1.165) is 25.7 Å². The van der Waals surface area contributed by atoms with Crippen molar-refractivity contribution in [3.63, 3.8) is 0 Å². The van der Waals surface area contributed by atoms with Crippen LogP contribution in [0.2, 0.25) is 0 Å². The molecule has 1 aromatic rings. The first-order valence-electron chi connectivity index (χ1n) is 8.15. The minimum atomic E-state index is -0.211. The number of nitrogens with one attached hydrogen (secondary N) is 3. The van der Waals surface area contributed by atoms with Crippen LogP contribution in [0, 0.1) is 0 Å². The average molecular weight is 303 g/mol. The Balaban J connectivity index is 1.81. The molecule has 3 N–H and O–H groups in total. The molecule has 1 aromatic carbocycles. The number of urea groups is 1. The van der Waals surface area contributed by atoms with Crippen LogP contribution in [-0.4, -0.2) is 24.5 Å². The Morgan fingerprint density at radius 2 is 1.82 bits per heavy atom. The summed E-state index contributed by atoms with van der Waals surface area (Å²) in [4.78, 5) is 23.7. The van der Waals surface area contributed by atoms with E-state index in [-0.39, 0.29) is 11.9 Å². The summed E-state index contributed by atoms with van der Waals surface area (Å²) in [6, 6.07) is 7.09. The minimum Gasteiger partial charge on any atom is -0.349 e. The van der Waals surface area contributed by atoms with Crippen LogP contribution < -0.4 is 16.0 Å². The van der Waals surface area contributed by atoms with E-state index in [0.29, 0.717) is 23.8 Å². The molecule has 1 aliphatic carbocycles. The van der Waals surface area contributed by atoms with Crippen molar-refractivity contribution < 1.29 is 9.59 Å². The van der Waals surface area contributed by atoms with Crippen molar-refractivity contribution in [3.05, 3.63) is 29.8 Å². The van der Waals surface area contributed by atoms with Crippen molar-refractivity contribution in [1.29, 1.82) is 0 Å². The first-order chi connectivity index (χ1) is 10.7. The van der Waals surface area contributed by atoms with E-state index in [2.05, 4.69) is 22.9 Å². The van der Waals surface area contributed by atoms with Crippen molar-refractivity contribution in [3.8, 4) is 0 Å². The normalized spacial score (nSPS) is 14.6. The van der Waals surface area contributed by atoms with Crippen LogP contribution in [0.3, 0.4) is 0 Å². The molecule has 0 spiro atoms. The number of anilines is 1. The van der Waals surface area contributed by atoms with E-state index < -0.39 is 0 Å². The van der Waals surface area contributed by atoms with Crippen LogP contribution in [0.15, 0.2) is 24.3 Å². The molecule has 0 bridgehead atoms. The van der Waals surface area contributed by atoms with Gasteiger partial charge in [0.1, 0.15) is 0 Å². The van der Waals surface area contributed by atoms with Crippen molar-refractivity contribution in [2.75, 3.05) is 11.9 Å². The molecule has 0 aliphatic heterocycles. The molecule has 0 heterocycles. The summed E-state index contributed by atoms with van der Waals surface area (Å²) < 4.78 is 0.